The van der Waals surface area contributed by atoms with Gasteiger partial charge < -0.3 is 15.5 Å². The predicted molar refractivity (Wildman–Crippen MR) is 132 cm³/mol. The highest BCUT2D eigenvalue weighted by atomic mass is 19.1. The Hall–Kier alpha value is -2.80. The Morgan fingerprint density at radius 3 is 2.15 bits per heavy atom. The van der Waals surface area contributed by atoms with Crippen molar-refractivity contribution < 1.29 is 18.4 Å². The lowest BCUT2D eigenvalue weighted by Gasteiger charge is -2.22. The van der Waals surface area contributed by atoms with E-state index in [1.807, 2.05) is 32.7 Å². The molecule has 2 aromatic carbocycles. The summed E-state index contributed by atoms with van der Waals surface area (Å²) in [4.78, 5) is 28.0. The molecule has 2 aromatic rings. The predicted octanol–water partition coefficient (Wildman–Crippen LogP) is 4.88. The standard InChI is InChI=1S/C27H37F2N3O2/c1-5-10-32(11-6-2)27(34)22-13-19(3)12-21(17-22)26(33)31-25(8-7-9-30-4)16-20-14-23(28)18-24(29)15-20/h12-15,17-18,25,30H,5-11,16H2,1-4H3,(H,31,33). The fourth-order valence-corrected chi connectivity index (χ4v) is 4.11. The summed E-state index contributed by atoms with van der Waals surface area (Å²) >= 11 is 0. The number of aryl methyl sites for hydroxylation is 1. The molecule has 1 unspecified atom stereocenters. The van der Waals surface area contributed by atoms with Crippen LogP contribution in [0.15, 0.2) is 36.4 Å². The summed E-state index contributed by atoms with van der Waals surface area (Å²) in [5, 5.41) is 6.09. The first-order chi connectivity index (χ1) is 16.3. The second-order valence-corrected chi connectivity index (χ2v) is 8.78. The van der Waals surface area contributed by atoms with Crippen LogP contribution in [-0.2, 0) is 6.42 Å². The molecule has 0 aliphatic rings. The van der Waals surface area contributed by atoms with Crippen LogP contribution in [0, 0.1) is 18.6 Å². The van der Waals surface area contributed by atoms with Gasteiger partial charge in [-0.3, -0.25) is 9.59 Å². The molecule has 34 heavy (non-hydrogen) atoms. The van der Waals surface area contributed by atoms with Crippen molar-refractivity contribution in [3.05, 3.63) is 70.3 Å². The summed E-state index contributed by atoms with van der Waals surface area (Å²) < 4.78 is 27.4. The van der Waals surface area contributed by atoms with Crippen LogP contribution in [0.3, 0.4) is 0 Å². The maximum Gasteiger partial charge on any atom is 0.253 e. The van der Waals surface area contributed by atoms with E-state index in [-0.39, 0.29) is 17.9 Å². The van der Waals surface area contributed by atoms with E-state index < -0.39 is 11.6 Å². The number of nitrogens with one attached hydrogen (secondary N) is 2. The summed E-state index contributed by atoms with van der Waals surface area (Å²) in [5.74, 6) is -1.66. The third-order valence-corrected chi connectivity index (χ3v) is 5.58. The highest BCUT2D eigenvalue weighted by Gasteiger charge is 2.19. The molecule has 2 N–H and O–H groups in total. The number of nitrogens with zero attached hydrogens (tertiary/aromatic N) is 1. The quantitative estimate of drug-likeness (QED) is 0.408. The highest BCUT2D eigenvalue weighted by molar-refractivity contribution is 6.00. The average Bonchev–Trinajstić information content (AvgIpc) is 2.77. The van der Waals surface area contributed by atoms with E-state index in [9.17, 15) is 18.4 Å². The summed E-state index contributed by atoms with van der Waals surface area (Å²) in [6.45, 7) is 8.02. The number of hydrogen-bond donors (Lipinski definition) is 2. The second-order valence-electron chi connectivity index (χ2n) is 8.78. The van der Waals surface area contributed by atoms with Gasteiger partial charge in [0.25, 0.3) is 11.8 Å². The van der Waals surface area contributed by atoms with Crippen molar-refractivity contribution in [1.82, 2.24) is 15.5 Å². The highest BCUT2D eigenvalue weighted by Crippen LogP contribution is 2.16. The van der Waals surface area contributed by atoms with Gasteiger partial charge in [0.1, 0.15) is 11.6 Å². The topological polar surface area (TPSA) is 61.4 Å². The maximum atomic E-state index is 13.7. The van der Waals surface area contributed by atoms with Gasteiger partial charge in [0.05, 0.1) is 0 Å². The fourth-order valence-electron chi connectivity index (χ4n) is 4.11. The van der Waals surface area contributed by atoms with Crippen molar-refractivity contribution in [2.75, 3.05) is 26.7 Å². The lowest BCUT2D eigenvalue weighted by molar-refractivity contribution is 0.0755. The van der Waals surface area contributed by atoms with E-state index in [1.165, 1.54) is 12.1 Å². The molecule has 0 spiro atoms. The van der Waals surface area contributed by atoms with Gasteiger partial charge in [0.2, 0.25) is 0 Å². The van der Waals surface area contributed by atoms with Crippen LogP contribution in [0.5, 0.6) is 0 Å². The monoisotopic (exact) mass is 473 g/mol. The van der Waals surface area contributed by atoms with Gasteiger partial charge in [-0.2, -0.15) is 0 Å². The van der Waals surface area contributed by atoms with Crippen LogP contribution in [0.1, 0.15) is 71.4 Å². The van der Waals surface area contributed by atoms with Crippen molar-refractivity contribution in [3.63, 3.8) is 0 Å². The molecule has 7 heteroatoms. The Bertz CT molecular complexity index is 939. The first kappa shape index (κ1) is 27.4. The van der Waals surface area contributed by atoms with Crippen LogP contribution >= 0.6 is 0 Å². The molecule has 0 fully saturated rings. The molecule has 186 valence electrons. The largest absolute Gasteiger partial charge is 0.349 e. The van der Waals surface area contributed by atoms with Crippen molar-refractivity contribution in [1.29, 1.82) is 0 Å². The molecule has 5 nitrogen and oxygen atoms in total. The Morgan fingerprint density at radius 2 is 1.56 bits per heavy atom. The molecule has 0 aromatic heterocycles. The maximum absolute atomic E-state index is 13.7. The third kappa shape index (κ3) is 8.52. The van der Waals surface area contributed by atoms with Gasteiger partial charge >= 0.3 is 0 Å². The third-order valence-electron chi connectivity index (χ3n) is 5.58. The molecule has 0 saturated carbocycles. The first-order valence-corrected chi connectivity index (χ1v) is 12.1. The summed E-state index contributed by atoms with van der Waals surface area (Å²) in [6, 6.07) is 8.30. The Balaban J connectivity index is 2.23. The van der Waals surface area contributed by atoms with Crippen molar-refractivity contribution in [3.8, 4) is 0 Å². The molecule has 2 amide bonds. The minimum Gasteiger partial charge on any atom is -0.349 e. The van der Waals surface area contributed by atoms with E-state index in [1.54, 1.807) is 18.2 Å². The normalized spacial score (nSPS) is 11.8. The number of amides is 2. The van der Waals surface area contributed by atoms with Gasteiger partial charge in [-0.1, -0.05) is 13.8 Å². The molecule has 0 aliphatic heterocycles. The molecule has 0 heterocycles. The smallest absolute Gasteiger partial charge is 0.253 e. The molecular formula is C27H37F2N3O2. The number of rotatable bonds is 13. The lowest BCUT2D eigenvalue weighted by Crippen LogP contribution is -2.37. The van der Waals surface area contributed by atoms with Crippen molar-refractivity contribution in [2.45, 2.75) is 58.9 Å². The van der Waals surface area contributed by atoms with E-state index in [4.69, 9.17) is 0 Å². The number of halogens is 2. The van der Waals surface area contributed by atoms with Crippen LogP contribution < -0.4 is 10.6 Å². The zero-order chi connectivity index (χ0) is 25.1. The zero-order valence-electron chi connectivity index (χ0n) is 20.7. The Morgan fingerprint density at radius 1 is 0.941 bits per heavy atom. The molecule has 2 rings (SSSR count). The number of carbonyl (C=O) groups excluding carboxylic acids is 2. The molecule has 0 saturated heterocycles. The average molecular weight is 474 g/mol. The van der Waals surface area contributed by atoms with Gasteiger partial charge in [-0.05, 0) is 94.1 Å². The van der Waals surface area contributed by atoms with Crippen LogP contribution in [0.2, 0.25) is 0 Å². The molecule has 0 aliphatic carbocycles. The van der Waals surface area contributed by atoms with Gasteiger partial charge in [-0.15, -0.1) is 0 Å². The van der Waals surface area contributed by atoms with Gasteiger partial charge in [-0.25, -0.2) is 8.78 Å². The minimum atomic E-state index is -0.638. The number of benzene rings is 2. The number of carbonyl (C=O) groups is 2. The SMILES string of the molecule is CCCN(CCC)C(=O)c1cc(C)cc(C(=O)NC(CCCNC)Cc2cc(F)cc(F)c2)c1. The summed E-state index contributed by atoms with van der Waals surface area (Å²) in [6.07, 6.45) is 3.46. The van der Waals surface area contributed by atoms with Crippen LogP contribution in [-0.4, -0.2) is 49.4 Å². The molecule has 0 bridgehead atoms. The van der Waals surface area contributed by atoms with E-state index in [0.717, 1.165) is 37.4 Å². The summed E-state index contributed by atoms with van der Waals surface area (Å²) in [5.41, 5.74) is 2.20. The molecular weight excluding hydrogens is 436 g/mol. The first-order valence-electron chi connectivity index (χ1n) is 12.1. The van der Waals surface area contributed by atoms with E-state index in [0.29, 0.717) is 42.6 Å². The van der Waals surface area contributed by atoms with Gasteiger partial charge in [0.15, 0.2) is 0 Å². The minimum absolute atomic E-state index is 0.0812. The fraction of sp³-hybridized carbons (Fsp3) is 0.481. The van der Waals surface area contributed by atoms with Crippen molar-refractivity contribution >= 4 is 11.8 Å². The van der Waals surface area contributed by atoms with E-state index in [2.05, 4.69) is 10.6 Å². The Kier molecular flexibility index (Phi) is 11.1. The number of hydrogen-bond acceptors (Lipinski definition) is 3. The van der Waals surface area contributed by atoms with Crippen LogP contribution in [0.4, 0.5) is 8.78 Å². The zero-order valence-corrected chi connectivity index (χ0v) is 20.7. The van der Waals surface area contributed by atoms with Gasteiger partial charge in [0, 0.05) is 36.3 Å². The second kappa shape index (κ2) is 13.8. The molecule has 1 atom stereocenters. The van der Waals surface area contributed by atoms with E-state index >= 15 is 0 Å². The lowest BCUT2D eigenvalue weighted by atomic mass is 10.00. The Labute approximate surface area is 201 Å². The van der Waals surface area contributed by atoms with Crippen LogP contribution in [0.25, 0.3) is 0 Å². The summed E-state index contributed by atoms with van der Waals surface area (Å²) in [7, 11) is 1.85. The molecule has 0 radical (unpaired) electrons. The van der Waals surface area contributed by atoms with Crippen molar-refractivity contribution in [2.24, 2.45) is 0 Å².